The lowest BCUT2D eigenvalue weighted by atomic mass is 10.1. The van der Waals surface area contributed by atoms with Gasteiger partial charge in [0.15, 0.2) is 0 Å². The van der Waals surface area contributed by atoms with Crippen LogP contribution in [-0.4, -0.2) is 25.9 Å². The molecule has 0 bridgehead atoms. The minimum absolute atomic E-state index is 0.253. The predicted molar refractivity (Wildman–Crippen MR) is 73.1 cm³/mol. The third kappa shape index (κ3) is 6.41. The van der Waals surface area contributed by atoms with E-state index in [9.17, 15) is 0 Å². The smallest absolute Gasteiger partial charge is 0.0718 e. The summed E-state index contributed by atoms with van der Waals surface area (Å²) < 4.78 is 10.9. The monoisotopic (exact) mass is 247 g/mol. The second-order valence-corrected chi connectivity index (χ2v) is 4.18. The Morgan fingerprint density at radius 1 is 1.28 bits per heavy atom. The van der Waals surface area contributed by atoms with Crippen LogP contribution in [0.15, 0.2) is 24.3 Å². The van der Waals surface area contributed by atoms with Crippen molar-refractivity contribution in [3.63, 3.8) is 0 Å². The minimum Gasteiger partial charge on any atom is -0.376 e. The lowest BCUT2D eigenvalue weighted by molar-refractivity contribution is 0.0143. The molecule has 0 spiro atoms. The molecule has 3 heteroatoms. The van der Waals surface area contributed by atoms with Crippen LogP contribution in [0.1, 0.15) is 25.0 Å². The van der Waals surface area contributed by atoms with Crippen LogP contribution >= 0.6 is 0 Å². The summed E-state index contributed by atoms with van der Waals surface area (Å²) >= 11 is 0. The van der Waals surface area contributed by atoms with E-state index in [2.05, 4.69) is 11.8 Å². The van der Waals surface area contributed by atoms with Gasteiger partial charge in [-0.2, -0.15) is 0 Å². The Labute approximate surface area is 109 Å². The first-order valence-electron chi connectivity index (χ1n) is 6.19. The molecule has 0 amide bonds. The largest absolute Gasteiger partial charge is 0.376 e. The lowest BCUT2D eigenvalue weighted by Gasteiger charge is -2.08. The molecule has 0 atom stereocenters. The quantitative estimate of drug-likeness (QED) is 0.617. The van der Waals surface area contributed by atoms with Gasteiger partial charge in [0, 0.05) is 5.56 Å². The molecule has 0 radical (unpaired) electrons. The molecule has 1 aromatic carbocycles. The molecule has 98 valence electrons. The third-order valence-electron chi connectivity index (χ3n) is 2.21. The summed E-state index contributed by atoms with van der Waals surface area (Å²) in [6.07, 6.45) is 0.253. The maximum absolute atomic E-state index is 5.53. The second kappa shape index (κ2) is 8.71. The normalized spacial score (nSPS) is 10.2. The summed E-state index contributed by atoms with van der Waals surface area (Å²) in [5, 5.41) is 0. The van der Waals surface area contributed by atoms with Crippen molar-refractivity contribution in [3.8, 4) is 11.8 Å². The van der Waals surface area contributed by atoms with E-state index >= 15 is 0 Å². The molecule has 1 rings (SSSR count). The zero-order chi connectivity index (χ0) is 13.2. The molecule has 0 aliphatic heterocycles. The summed E-state index contributed by atoms with van der Waals surface area (Å²) in [6.45, 7) is 6.23. The molecule has 18 heavy (non-hydrogen) atoms. The highest BCUT2D eigenvalue weighted by molar-refractivity contribution is 5.37. The zero-order valence-electron chi connectivity index (χ0n) is 11.1. The van der Waals surface area contributed by atoms with Gasteiger partial charge in [0.25, 0.3) is 0 Å². The van der Waals surface area contributed by atoms with Gasteiger partial charge >= 0.3 is 0 Å². The summed E-state index contributed by atoms with van der Waals surface area (Å²) in [5.41, 5.74) is 7.43. The SMILES string of the molecule is CC(C)OCCOCc1cccc(C#CCN)c1. The molecule has 0 aliphatic rings. The number of nitrogens with two attached hydrogens (primary N) is 1. The van der Waals surface area contributed by atoms with Crippen molar-refractivity contribution < 1.29 is 9.47 Å². The maximum atomic E-state index is 5.53. The van der Waals surface area contributed by atoms with Gasteiger partial charge in [-0.15, -0.1) is 0 Å². The number of benzene rings is 1. The highest BCUT2D eigenvalue weighted by Crippen LogP contribution is 2.05. The fourth-order valence-electron chi connectivity index (χ4n) is 1.42. The Kier molecular flexibility index (Phi) is 7.12. The van der Waals surface area contributed by atoms with Crippen LogP contribution in [0, 0.1) is 11.8 Å². The molecule has 0 saturated carbocycles. The molecule has 0 fully saturated rings. The Morgan fingerprint density at radius 3 is 2.83 bits per heavy atom. The highest BCUT2D eigenvalue weighted by atomic mass is 16.5. The van der Waals surface area contributed by atoms with Gasteiger partial charge in [0.1, 0.15) is 0 Å². The van der Waals surface area contributed by atoms with Crippen molar-refractivity contribution >= 4 is 0 Å². The summed E-state index contributed by atoms with van der Waals surface area (Å²) in [7, 11) is 0. The zero-order valence-corrected chi connectivity index (χ0v) is 11.1. The van der Waals surface area contributed by atoms with Gasteiger partial charge in [-0.1, -0.05) is 24.0 Å². The van der Waals surface area contributed by atoms with E-state index in [-0.39, 0.29) is 6.10 Å². The first-order chi connectivity index (χ1) is 8.72. The molecule has 1 aromatic rings. The fourth-order valence-corrected chi connectivity index (χ4v) is 1.42. The van der Waals surface area contributed by atoms with E-state index in [1.54, 1.807) is 0 Å². The van der Waals surface area contributed by atoms with Crippen LogP contribution in [0.4, 0.5) is 0 Å². The Bertz CT molecular complexity index is 404. The van der Waals surface area contributed by atoms with Gasteiger partial charge in [0.2, 0.25) is 0 Å². The van der Waals surface area contributed by atoms with Crippen LogP contribution in [-0.2, 0) is 16.1 Å². The van der Waals surface area contributed by atoms with E-state index in [4.69, 9.17) is 15.2 Å². The van der Waals surface area contributed by atoms with Gasteiger partial charge < -0.3 is 15.2 Å². The van der Waals surface area contributed by atoms with E-state index in [0.29, 0.717) is 26.4 Å². The van der Waals surface area contributed by atoms with Gasteiger partial charge in [-0.25, -0.2) is 0 Å². The predicted octanol–water partition coefficient (Wildman–Crippen LogP) is 1.94. The van der Waals surface area contributed by atoms with E-state index < -0.39 is 0 Å². The Morgan fingerprint density at radius 2 is 2.11 bits per heavy atom. The molecule has 2 N–H and O–H groups in total. The molecular weight excluding hydrogens is 226 g/mol. The van der Waals surface area contributed by atoms with Crippen molar-refractivity contribution in [1.82, 2.24) is 0 Å². The van der Waals surface area contributed by atoms with Crippen molar-refractivity contribution in [2.75, 3.05) is 19.8 Å². The van der Waals surface area contributed by atoms with Crippen LogP contribution < -0.4 is 5.73 Å². The topological polar surface area (TPSA) is 44.5 Å². The molecule has 0 aliphatic carbocycles. The summed E-state index contributed by atoms with van der Waals surface area (Å²) in [5.74, 6) is 5.84. The van der Waals surface area contributed by atoms with Gasteiger partial charge in [-0.05, 0) is 31.5 Å². The maximum Gasteiger partial charge on any atom is 0.0718 e. The van der Waals surface area contributed by atoms with Crippen molar-refractivity contribution in [2.24, 2.45) is 5.73 Å². The summed E-state index contributed by atoms with van der Waals surface area (Å²) in [6, 6.07) is 7.99. The lowest BCUT2D eigenvalue weighted by Crippen LogP contribution is -2.09. The highest BCUT2D eigenvalue weighted by Gasteiger charge is 1.96. The number of rotatable bonds is 6. The van der Waals surface area contributed by atoms with Gasteiger partial charge in [0.05, 0.1) is 32.5 Å². The Balaban J connectivity index is 2.34. The summed E-state index contributed by atoms with van der Waals surface area (Å²) in [4.78, 5) is 0. The molecule has 0 heterocycles. The first kappa shape index (κ1) is 14.7. The second-order valence-electron chi connectivity index (χ2n) is 4.18. The Hall–Kier alpha value is -1.34. The molecule has 0 saturated heterocycles. The van der Waals surface area contributed by atoms with Crippen molar-refractivity contribution in [3.05, 3.63) is 35.4 Å². The van der Waals surface area contributed by atoms with E-state index in [1.807, 2.05) is 38.1 Å². The average Bonchev–Trinajstić information content (AvgIpc) is 2.36. The van der Waals surface area contributed by atoms with Crippen LogP contribution in [0.2, 0.25) is 0 Å². The van der Waals surface area contributed by atoms with Crippen molar-refractivity contribution in [2.45, 2.75) is 26.6 Å². The van der Waals surface area contributed by atoms with Crippen molar-refractivity contribution in [1.29, 1.82) is 0 Å². The minimum atomic E-state index is 0.253. The molecule has 0 aromatic heterocycles. The third-order valence-corrected chi connectivity index (χ3v) is 2.21. The van der Waals surface area contributed by atoms with E-state index in [1.165, 1.54) is 0 Å². The van der Waals surface area contributed by atoms with E-state index in [0.717, 1.165) is 11.1 Å². The standard InChI is InChI=1S/C15H21NO2/c1-13(2)18-10-9-17-12-15-6-3-5-14(11-15)7-4-8-16/h3,5-6,11,13H,8-10,12,16H2,1-2H3. The number of hydrogen-bond donors (Lipinski definition) is 1. The number of hydrogen-bond acceptors (Lipinski definition) is 3. The van der Waals surface area contributed by atoms with Crippen LogP contribution in [0.25, 0.3) is 0 Å². The van der Waals surface area contributed by atoms with Crippen LogP contribution in [0.3, 0.4) is 0 Å². The van der Waals surface area contributed by atoms with Crippen LogP contribution in [0.5, 0.6) is 0 Å². The molecular formula is C15H21NO2. The molecule has 0 unspecified atom stereocenters. The van der Waals surface area contributed by atoms with Gasteiger partial charge in [-0.3, -0.25) is 0 Å². The first-order valence-corrected chi connectivity index (χ1v) is 6.19. The molecule has 3 nitrogen and oxygen atoms in total. The average molecular weight is 247 g/mol. The number of ether oxygens (including phenoxy) is 2. The fraction of sp³-hybridized carbons (Fsp3) is 0.467.